The van der Waals surface area contributed by atoms with Gasteiger partial charge in [-0.05, 0) is 28.6 Å². The third-order valence-electron chi connectivity index (χ3n) is 3.22. The smallest absolute Gasteiger partial charge is 0.0538 e. The summed E-state index contributed by atoms with van der Waals surface area (Å²) >= 11 is 0. The molecule has 0 atom stereocenters. The molecule has 94 valence electrons. The first-order valence-electron chi connectivity index (χ1n) is 6.23. The Labute approximate surface area is 112 Å². The lowest BCUT2D eigenvalue weighted by Crippen LogP contribution is -1.98. The number of nitrogens with two attached hydrogens (primary N) is 1. The number of hydrazone groups is 1. The van der Waals surface area contributed by atoms with Crippen LogP contribution in [-0.4, -0.2) is 10.8 Å². The zero-order chi connectivity index (χ0) is 13.1. The number of fused-ring (bicyclic) bond motifs is 1. The third-order valence-corrected chi connectivity index (χ3v) is 3.22. The highest BCUT2D eigenvalue weighted by molar-refractivity contribution is 5.89. The summed E-state index contributed by atoms with van der Waals surface area (Å²) in [7, 11) is 0. The fourth-order valence-corrected chi connectivity index (χ4v) is 2.29. The maximum Gasteiger partial charge on any atom is 0.0538 e. The zero-order valence-corrected chi connectivity index (χ0v) is 10.5. The molecule has 2 N–H and O–H groups in total. The first kappa shape index (κ1) is 11.5. The van der Waals surface area contributed by atoms with Crippen molar-refractivity contribution in [2.75, 3.05) is 0 Å². The zero-order valence-electron chi connectivity index (χ0n) is 10.5. The summed E-state index contributed by atoms with van der Waals surface area (Å²) in [5, 5.41) is 4.80. The Balaban J connectivity index is 2.01. The normalized spacial score (nSPS) is 11.4. The second-order valence-corrected chi connectivity index (χ2v) is 4.53. The van der Waals surface area contributed by atoms with Gasteiger partial charge in [0.2, 0.25) is 0 Å². The van der Waals surface area contributed by atoms with Gasteiger partial charge in [-0.3, -0.25) is 0 Å². The molecule has 0 amide bonds. The monoisotopic (exact) mass is 249 g/mol. The molecule has 0 radical (unpaired) electrons. The van der Waals surface area contributed by atoms with Gasteiger partial charge in [-0.1, -0.05) is 42.5 Å². The lowest BCUT2D eigenvalue weighted by atomic mass is 10.2. The number of nitrogens with zero attached hydrogens (tertiary/aromatic N) is 2. The molecule has 0 spiro atoms. The van der Waals surface area contributed by atoms with E-state index in [0.29, 0.717) is 0 Å². The lowest BCUT2D eigenvalue weighted by Gasteiger charge is -2.06. The van der Waals surface area contributed by atoms with Crippen molar-refractivity contribution in [3.8, 4) is 0 Å². The van der Waals surface area contributed by atoms with Gasteiger partial charge in [0.15, 0.2) is 0 Å². The largest absolute Gasteiger partial charge is 0.343 e. The summed E-state index contributed by atoms with van der Waals surface area (Å²) in [5.41, 5.74) is 3.50. The van der Waals surface area contributed by atoms with Crippen LogP contribution >= 0.6 is 0 Å². The van der Waals surface area contributed by atoms with Crippen molar-refractivity contribution in [1.29, 1.82) is 0 Å². The number of hydrogen-bond donors (Lipinski definition) is 1. The first-order valence-corrected chi connectivity index (χ1v) is 6.23. The fourth-order valence-electron chi connectivity index (χ4n) is 2.29. The van der Waals surface area contributed by atoms with Crippen molar-refractivity contribution in [2.24, 2.45) is 10.9 Å². The molecule has 0 bridgehead atoms. The summed E-state index contributed by atoms with van der Waals surface area (Å²) < 4.78 is 2.23. The van der Waals surface area contributed by atoms with Crippen LogP contribution in [0.3, 0.4) is 0 Å². The van der Waals surface area contributed by atoms with Crippen molar-refractivity contribution in [3.63, 3.8) is 0 Å². The highest BCUT2D eigenvalue weighted by Gasteiger charge is 2.02. The molecular formula is C16H15N3. The third kappa shape index (κ3) is 2.36. The van der Waals surface area contributed by atoms with Crippen LogP contribution < -0.4 is 5.84 Å². The van der Waals surface area contributed by atoms with Crippen LogP contribution in [0, 0.1) is 0 Å². The van der Waals surface area contributed by atoms with E-state index in [-0.39, 0.29) is 0 Å². The minimum atomic E-state index is 0.869. The molecule has 0 fully saturated rings. The van der Waals surface area contributed by atoms with E-state index in [2.05, 4.69) is 58.3 Å². The predicted molar refractivity (Wildman–Crippen MR) is 79.3 cm³/mol. The van der Waals surface area contributed by atoms with Crippen LogP contribution in [0.4, 0.5) is 0 Å². The van der Waals surface area contributed by atoms with Crippen molar-refractivity contribution in [2.45, 2.75) is 6.54 Å². The number of rotatable bonds is 3. The molecule has 0 aliphatic heterocycles. The van der Waals surface area contributed by atoms with Crippen molar-refractivity contribution < 1.29 is 0 Å². The minimum Gasteiger partial charge on any atom is -0.343 e. The highest BCUT2D eigenvalue weighted by Crippen LogP contribution is 2.18. The van der Waals surface area contributed by atoms with E-state index in [9.17, 15) is 0 Å². The predicted octanol–water partition coefficient (Wildman–Crippen LogP) is 2.98. The minimum absolute atomic E-state index is 0.869. The van der Waals surface area contributed by atoms with Gasteiger partial charge in [0.25, 0.3) is 0 Å². The SMILES string of the molecule is NN=Cc1ccc2ccn(Cc3ccccc3)c2c1. The molecule has 0 aliphatic carbocycles. The second-order valence-electron chi connectivity index (χ2n) is 4.53. The van der Waals surface area contributed by atoms with Crippen molar-refractivity contribution >= 4 is 17.1 Å². The van der Waals surface area contributed by atoms with Gasteiger partial charge >= 0.3 is 0 Å². The van der Waals surface area contributed by atoms with Gasteiger partial charge in [-0.2, -0.15) is 5.10 Å². The molecule has 0 saturated heterocycles. The summed E-state index contributed by atoms with van der Waals surface area (Å²) in [6.07, 6.45) is 3.78. The van der Waals surface area contributed by atoms with Crippen molar-refractivity contribution in [1.82, 2.24) is 4.57 Å². The van der Waals surface area contributed by atoms with Gasteiger partial charge in [-0.15, -0.1) is 0 Å². The molecule has 0 saturated carbocycles. The standard InChI is InChI=1S/C16H15N3/c17-18-11-14-6-7-15-8-9-19(16(15)10-14)12-13-4-2-1-3-5-13/h1-11H,12,17H2. The average Bonchev–Trinajstić information content (AvgIpc) is 2.83. The van der Waals surface area contributed by atoms with Gasteiger partial charge in [0, 0.05) is 18.3 Å². The van der Waals surface area contributed by atoms with Gasteiger partial charge in [-0.25, -0.2) is 0 Å². The molecule has 3 heteroatoms. The van der Waals surface area contributed by atoms with E-state index in [0.717, 1.165) is 12.1 Å². The molecular weight excluding hydrogens is 234 g/mol. The molecule has 0 aliphatic rings. The number of benzene rings is 2. The quantitative estimate of drug-likeness (QED) is 0.433. The summed E-state index contributed by atoms with van der Waals surface area (Å²) in [5.74, 6) is 5.20. The van der Waals surface area contributed by atoms with Crippen LogP contribution in [0.25, 0.3) is 10.9 Å². The Hall–Kier alpha value is -2.55. The maximum atomic E-state index is 5.20. The molecule has 3 rings (SSSR count). The molecule has 1 aromatic heterocycles. The molecule has 3 aromatic rings. The second kappa shape index (κ2) is 4.98. The molecule has 19 heavy (non-hydrogen) atoms. The summed E-state index contributed by atoms with van der Waals surface area (Å²) in [6.45, 7) is 0.869. The Morgan fingerprint density at radius 1 is 1.05 bits per heavy atom. The summed E-state index contributed by atoms with van der Waals surface area (Å²) in [6, 6.07) is 18.8. The van der Waals surface area contributed by atoms with E-state index in [4.69, 9.17) is 5.84 Å². The Kier molecular flexibility index (Phi) is 3.02. The van der Waals surface area contributed by atoms with Crippen LogP contribution in [0.1, 0.15) is 11.1 Å². The topological polar surface area (TPSA) is 43.3 Å². The van der Waals surface area contributed by atoms with Crippen molar-refractivity contribution in [3.05, 3.63) is 71.9 Å². The number of hydrogen-bond acceptors (Lipinski definition) is 2. The Morgan fingerprint density at radius 3 is 2.68 bits per heavy atom. The first-order chi connectivity index (χ1) is 9.36. The highest BCUT2D eigenvalue weighted by atomic mass is 15.1. The molecule has 2 aromatic carbocycles. The fraction of sp³-hybridized carbons (Fsp3) is 0.0625. The van der Waals surface area contributed by atoms with Crippen LogP contribution in [0.2, 0.25) is 0 Å². The average molecular weight is 249 g/mol. The van der Waals surface area contributed by atoms with Gasteiger partial charge < -0.3 is 10.4 Å². The van der Waals surface area contributed by atoms with E-state index in [1.165, 1.54) is 16.5 Å². The van der Waals surface area contributed by atoms with Gasteiger partial charge in [0.1, 0.15) is 0 Å². The summed E-state index contributed by atoms with van der Waals surface area (Å²) in [4.78, 5) is 0. The van der Waals surface area contributed by atoms with Gasteiger partial charge in [0.05, 0.1) is 6.21 Å². The van der Waals surface area contributed by atoms with Crippen LogP contribution in [-0.2, 0) is 6.54 Å². The van der Waals surface area contributed by atoms with E-state index >= 15 is 0 Å². The van der Waals surface area contributed by atoms with Crippen LogP contribution in [0.5, 0.6) is 0 Å². The number of aromatic nitrogens is 1. The molecule has 1 heterocycles. The molecule has 0 unspecified atom stereocenters. The Morgan fingerprint density at radius 2 is 1.89 bits per heavy atom. The van der Waals surface area contributed by atoms with E-state index < -0.39 is 0 Å². The van der Waals surface area contributed by atoms with E-state index in [1.54, 1.807) is 6.21 Å². The lowest BCUT2D eigenvalue weighted by molar-refractivity contribution is 0.837. The van der Waals surface area contributed by atoms with E-state index in [1.807, 2.05) is 12.1 Å². The molecule has 3 nitrogen and oxygen atoms in total. The maximum absolute atomic E-state index is 5.20. The Bertz CT molecular complexity index is 711. The van der Waals surface area contributed by atoms with Crippen LogP contribution in [0.15, 0.2) is 65.9 Å².